The van der Waals surface area contributed by atoms with E-state index in [4.69, 9.17) is 0 Å². The van der Waals surface area contributed by atoms with Crippen molar-refractivity contribution in [3.05, 3.63) is 70.7 Å². The molecule has 11 heteroatoms. The van der Waals surface area contributed by atoms with Crippen molar-refractivity contribution in [3.63, 3.8) is 0 Å². The molecule has 3 aliphatic rings. The van der Waals surface area contributed by atoms with Crippen molar-refractivity contribution >= 4 is 27.0 Å². The lowest BCUT2D eigenvalue weighted by Crippen LogP contribution is -2.53. The van der Waals surface area contributed by atoms with Crippen LogP contribution >= 0.6 is 0 Å². The number of carbonyl (C=O) groups is 1. The molecule has 1 aromatic heterocycles. The predicted molar refractivity (Wildman–Crippen MR) is 162 cm³/mol. The lowest BCUT2D eigenvalue weighted by Gasteiger charge is -2.35. The summed E-state index contributed by atoms with van der Waals surface area (Å²) in [6.07, 6.45) is 4.00. The Morgan fingerprint density at radius 3 is 2.38 bits per heavy atom. The normalized spacial score (nSPS) is 23.9. The van der Waals surface area contributed by atoms with Crippen LogP contribution in [0.15, 0.2) is 42.6 Å². The molecule has 3 aromatic rings. The van der Waals surface area contributed by atoms with Crippen LogP contribution in [0.5, 0.6) is 0 Å². The second-order valence-electron chi connectivity index (χ2n) is 12.3. The second-order valence-corrected chi connectivity index (χ2v) is 14.5. The summed E-state index contributed by atoms with van der Waals surface area (Å²) < 4.78 is 44.8. The molecule has 0 N–H and O–H groups in total. The molecule has 2 aliphatic heterocycles. The highest BCUT2D eigenvalue weighted by molar-refractivity contribution is 7.86. The van der Waals surface area contributed by atoms with Crippen molar-refractivity contribution in [3.8, 4) is 0 Å². The number of aromatic nitrogens is 1. The molecule has 2 fully saturated rings. The van der Waals surface area contributed by atoms with E-state index in [1.165, 1.54) is 28.3 Å². The molecule has 1 aliphatic carbocycles. The molecule has 3 heterocycles. The Balaban J connectivity index is 1.28. The molecule has 9 nitrogen and oxygen atoms in total. The molecule has 1 amide bonds. The Labute approximate surface area is 248 Å². The number of amides is 1. The minimum Gasteiger partial charge on any atom is -0.350 e. The van der Waals surface area contributed by atoms with Crippen LogP contribution in [-0.4, -0.2) is 116 Å². The van der Waals surface area contributed by atoms with E-state index in [0.29, 0.717) is 18.7 Å². The molecule has 226 valence electrons. The monoisotopic (exact) mass is 596 g/mol. The Bertz CT molecular complexity index is 1610. The minimum absolute atomic E-state index is 0.0782. The predicted octanol–water partition coefficient (Wildman–Crippen LogP) is 2.90. The Kier molecular flexibility index (Phi) is 7.68. The molecule has 2 aromatic carbocycles. The van der Waals surface area contributed by atoms with Gasteiger partial charge in [-0.15, -0.1) is 0 Å². The molecule has 42 heavy (non-hydrogen) atoms. The third-order valence-electron chi connectivity index (χ3n) is 9.56. The van der Waals surface area contributed by atoms with Crippen LogP contribution in [0, 0.1) is 5.82 Å². The zero-order valence-electron chi connectivity index (χ0n) is 25.1. The van der Waals surface area contributed by atoms with Gasteiger partial charge >= 0.3 is 0 Å². The van der Waals surface area contributed by atoms with Crippen LogP contribution in [-0.2, 0) is 23.7 Å². The number of aryl methyl sites for hydroxylation is 2. The fourth-order valence-corrected chi connectivity index (χ4v) is 8.45. The number of benzene rings is 2. The maximum atomic E-state index is 15.0. The van der Waals surface area contributed by atoms with E-state index in [1.54, 1.807) is 11.0 Å². The third kappa shape index (κ3) is 4.85. The van der Waals surface area contributed by atoms with Gasteiger partial charge in [-0.25, -0.2) is 4.39 Å². The quantitative estimate of drug-likeness (QED) is 0.438. The van der Waals surface area contributed by atoms with Crippen LogP contribution < -0.4 is 0 Å². The topological polar surface area (TPSA) is 72.3 Å². The summed E-state index contributed by atoms with van der Waals surface area (Å²) in [5.41, 5.74) is 4.72. The molecular weight excluding hydrogens is 555 g/mol. The van der Waals surface area contributed by atoms with Gasteiger partial charge in [0.1, 0.15) is 5.82 Å². The zero-order chi connectivity index (χ0) is 29.9. The molecule has 1 unspecified atom stereocenters. The third-order valence-corrected chi connectivity index (χ3v) is 11.5. The molecule has 2 saturated heterocycles. The lowest BCUT2D eigenvalue weighted by atomic mass is 9.92. The van der Waals surface area contributed by atoms with E-state index in [2.05, 4.69) is 46.8 Å². The molecule has 0 radical (unpaired) electrons. The highest BCUT2D eigenvalue weighted by atomic mass is 32.2. The van der Waals surface area contributed by atoms with Crippen molar-refractivity contribution in [2.75, 3.05) is 67.5 Å². The standard InChI is InChI=1S/C31H41FN6O3S/c1-33(2)28-20-37(27-13-12-21-8-6-11-26(32)29(21)27)19-25(28)24-18-35(5)30-22(24)9-7-10-23(30)31(39)36-14-16-38(17-15-36)42(40,41)34(3)4/h6-11,18,25,27-28H,12-17,19-20H2,1-5H3/t25-,27?,28+/m1/s1. The highest BCUT2D eigenvalue weighted by Gasteiger charge is 2.42. The average Bonchev–Trinajstić information content (AvgIpc) is 3.68. The maximum absolute atomic E-state index is 15.0. The first-order valence-electron chi connectivity index (χ1n) is 14.7. The maximum Gasteiger partial charge on any atom is 0.281 e. The van der Waals surface area contributed by atoms with Crippen molar-refractivity contribution < 1.29 is 17.6 Å². The number of carbonyl (C=O) groups excluding carboxylic acids is 1. The van der Waals surface area contributed by atoms with E-state index in [1.807, 2.05) is 25.2 Å². The number of para-hydroxylation sites is 1. The average molecular weight is 597 g/mol. The lowest BCUT2D eigenvalue weighted by molar-refractivity contribution is 0.0697. The first-order chi connectivity index (χ1) is 20.0. The van der Waals surface area contributed by atoms with Gasteiger partial charge in [-0.3, -0.25) is 9.69 Å². The van der Waals surface area contributed by atoms with Gasteiger partial charge in [0.25, 0.3) is 16.1 Å². The Morgan fingerprint density at radius 2 is 1.69 bits per heavy atom. The Hall–Kier alpha value is -2.83. The van der Waals surface area contributed by atoms with E-state index < -0.39 is 10.2 Å². The summed E-state index contributed by atoms with van der Waals surface area (Å²) in [5.74, 6) is 0.0171. The fourth-order valence-electron chi connectivity index (χ4n) is 7.36. The summed E-state index contributed by atoms with van der Waals surface area (Å²) in [4.78, 5) is 20.3. The van der Waals surface area contributed by atoms with Gasteiger partial charge in [0.05, 0.1) is 11.1 Å². The number of likely N-dealkylation sites (N-methyl/N-ethyl adjacent to an activating group) is 1. The first-order valence-corrected chi connectivity index (χ1v) is 16.1. The number of piperazine rings is 1. The minimum atomic E-state index is -3.51. The van der Waals surface area contributed by atoms with E-state index >= 15 is 0 Å². The van der Waals surface area contributed by atoms with Crippen LogP contribution in [0.2, 0.25) is 0 Å². The van der Waals surface area contributed by atoms with Gasteiger partial charge in [-0.2, -0.15) is 17.0 Å². The number of halogens is 1. The van der Waals surface area contributed by atoms with Crippen LogP contribution in [0.25, 0.3) is 10.9 Å². The molecule has 0 spiro atoms. The fraction of sp³-hybridized carbons (Fsp3) is 0.516. The van der Waals surface area contributed by atoms with Crippen LogP contribution in [0.4, 0.5) is 4.39 Å². The van der Waals surface area contributed by atoms with Crippen LogP contribution in [0.3, 0.4) is 0 Å². The first kappa shape index (κ1) is 29.3. The Morgan fingerprint density at radius 1 is 0.976 bits per heavy atom. The van der Waals surface area contributed by atoms with E-state index in [0.717, 1.165) is 48.0 Å². The molecular formula is C31H41FN6O3S. The van der Waals surface area contributed by atoms with Gasteiger partial charge < -0.3 is 14.4 Å². The number of likely N-dealkylation sites (tertiary alicyclic amines) is 1. The van der Waals surface area contributed by atoms with Crippen LogP contribution in [0.1, 0.15) is 45.4 Å². The molecule has 3 atom stereocenters. The molecule has 0 bridgehead atoms. The number of hydrogen-bond donors (Lipinski definition) is 0. The number of fused-ring (bicyclic) bond motifs is 2. The number of nitrogens with zero attached hydrogens (tertiary/aromatic N) is 6. The van der Waals surface area contributed by atoms with Crippen molar-refractivity contribution in [2.24, 2.45) is 7.05 Å². The molecule has 6 rings (SSSR count). The smallest absolute Gasteiger partial charge is 0.281 e. The summed E-state index contributed by atoms with van der Waals surface area (Å²) in [7, 11) is 5.75. The van der Waals surface area contributed by atoms with Crippen molar-refractivity contribution in [2.45, 2.75) is 30.8 Å². The largest absolute Gasteiger partial charge is 0.350 e. The SMILES string of the molecule is CN(C)[C@H]1CN(C2CCc3cccc(F)c32)C[C@@H]1c1cn(C)c2c(C(=O)N3CCN(S(=O)(=O)N(C)C)CC3)cccc12. The van der Waals surface area contributed by atoms with Gasteiger partial charge in [0, 0.05) is 95.6 Å². The summed E-state index contributed by atoms with van der Waals surface area (Å²) in [6.45, 7) is 2.91. The summed E-state index contributed by atoms with van der Waals surface area (Å²) >= 11 is 0. The van der Waals surface area contributed by atoms with Gasteiger partial charge in [0.2, 0.25) is 0 Å². The summed E-state index contributed by atoms with van der Waals surface area (Å²) in [6, 6.07) is 11.7. The van der Waals surface area contributed by atoms with Crippen molar-refractivity contribution in [1.82, 2.24) is 27.9 Å². The van der Waals surface area contributed by atoms with Gasteiger partial charge in [-0.05, 0) is 50.2 Å². The second kappa shape index (κ2) is 11.0. The zero-order valence-corrected chi connectivity index (χ0v) is 25.9. The van der Waals surface area contributed by atoms with Crippen molar-refractivity contribution in [1.29, 1.82) is 0 Å². The highest BCUT2D eigenvalue weighted by Crippen LogP contribution is 2.44. The van der Waals surface area contributed by atoms with E-state index in [9.17, 15) is 17.6 Å². The van der Waals surface area contributed by atoms with Gasteiger partial charge in [0.15, 0.2) is 0 Å². The van der Waals surface area contributed by atoms with E-state index in [-0.39, 0.29) is 42.8 Å². The number of rotatable bonds is 6. The number of hydrogen-bond acceptors (Lipinski definition) is 5. The molecule has 0 saturated carbocycles. The summed E-state index contributed by atoms with van der Waals surface area (Å²) in [5, 5.41) is 1.06. The van der Waals surface area contributed by atoms with Gasteiger partial charge in [-0.1, -0.05) is 24.3 Å².